The second kappa shape index (κ2) is 5.27. The summed E-state index contributed by atoms with van der Waals surface area (Å²) in [5, 5.41) is 9.61. The number of aromatic nitrogens is 3. The number of hydrogen-bond donors (Lipinski definition) is 3. The van der Waals surface area contributed by atoms with Crippen LogP contribution in [0.2, 0.25) is 0 Å². The molecular weight excluding hydrogens is 218 g/mol. The molecule has 6 nitrogen and oxygen atoms in total. The summed E-state index contributed by atoms with van der Waals surface area (Å²) in [6.07, 6.45) is 3.96. The number of aromatic amines is 1. The van der Waals surface area contributed by atoms with Gasteiger partial charge in [0.1, 0.15) is 5.82 Å². The Morgan fingerprint density at radius 2 is 2.41 bits per heavy atom. The third kappa shape index (κ3) is 2.63. The first-order chi connectivity index (χ1) is 8.24. The number of rotatable bonds is 4. The molecule has 4 N–H and O–H groups in total. The molecular formula is C11H19N5O. The summed E-state index contributed by atoms with van der Waals surface area (Å²) < 4.78 is 0. The second-order valence-electron chi connectivity index (χ2n) is 4.47. The Labute approximate surface area is 100 Å². The van der Waals surface area contributed by atoms with Crippen LogP contribution < -0.4 is 11.1 Å². The Morgan fingerprint density at radius 3 is 3.06 bits per heavy atom. The van der Waals surface area contributed by atoms with Gasteiger partial charge in [-0.1, -0.05) is 13.3 Å². The van der Waals surface area contributed by atoms with Crippen molar-refractivity contribution in [3.8, 4) is 0 Å². The highest BCUT2D eigenvalue weighted by molar-refractivity contribution is 5.90. The van der Waals surface area contributed by atoms with Crippen LogP contribution in [0.5, 0.6) is 0 Å². The highest BCUT2D eigenvalue weighted by Gasteiger charge is 2.28. The lowest BCUT2D eigenvalue weighted by Crippen LogP contribution is -2.40. The second-order valence-corrected chi connectivity index (χ2v) is 4.47. The topological polar surface area (TPSA) is 96.7 Å². The number of nitrogens with one attached hydrogen (secondary N) is 2. The first kappa shape index (κ1) is 12.0. The van der Waals surface area contributed by atoms with E-state index in [9.17, 15) is 4.79 Å². The first-order valence-electron chi connectivity index (χ1n) is 6.16. The monoisotopic (exact) mass is 237 g/mol. The quantitative estimate of drug-likeness (QED) is 0.698. The van der Waals surface area contributed by atoms with Gasteiger partial charge in [0.25, 0.3) is 5.91 Å². The minimum atomic E-state index is -0.203. The molecule has 0 saturated heterocycles. The van der Waals surface area contributed by atoms with Crippen LogP contribution in [0.15, 0.2) is 0 Å². The molecule has 0 aliphatic heterocycles. The van der Waals surface area contributed by atoms with Gasteiger partial charge in [-0.25, -0.2) is 4.98 Å². The Kier molecular flexibility index (Phi) is 3.73. The lowest BCUT2D eigenvalue weighted by Gasteiger charge is -2.18. The predicted molar refractivity (Wildman–Crippen MR) is 63.4 cm³/mol. The molecule has 0 aromatic carbocycles. The Bertz CT molecular complexity index is 389. The maximum absolute atomic E-state index is 11.9. The molecule has 1 aromatic rings. The number of nitrogens with zero attached hydrogens (tertiary/aromatic N) is 2. The van der Waals surface area contributed by atoms with E-state index < -0.39 is 0 Å². The van der Waals surface area contributed by atoms with Gasteiger partial charge < -0.3 is 11.1 Å². The maximum Gasteiger partial charge on any atom is 0.291 e. The van der Waals surface area contributed by atoms with Crippen molar-refractivity contribution in [2.75, 3.05) is 6.54 Å². The fraction of sp³-hybridized carbons (Fsp3) is 0.727. The van der Waals surface area contributed by atoms with Crippen molar-refractivity contribution in [1.29, 1.82) is 0 Å². The molecule has 1 heterocycles. The summed E-state index contributed by atoms with van der Waals surface area (Å²) in [5.74, 6) is 1.15. The Hall–Kier alpha value is -1.43. The van der Waals surface area contributed by atoms with Crippen LogP contribution in [0, 0.1) is 5.92 Å². The molecule has 1 fully saturated rings. The van der Waals surface area contributed by atoms with Crippen LogP contribution in [0.25, 0.3) is 0 Å². The number of hydrogen-bond acceptors (Lipinski definition) is 4. The summed E-state index contributed by atoms with van der Waals surface area (Å²) >= 11 is 0. The average molecular weight is 237 g/mol. The molecule has 1 aliphatic carbocycles. The zero-order valence-corrected chi connectivity index (χ0v) is 10.1. The van der Waals surface area contributed by atoms with Gasteiger partial charge in [-0.15, -0.1) is 5.10 Å². The van der Waals surface area contributed by atoms with E-state index in [1.807, 2.05) is 6.92 Å². The van der Waals surface area contributed by atoms with Gasteiger partial charge in [0.15, 0.2) is 0 Å². The number of nitrogens with two attached hydrogens (primary N) is 1. The van der Waals surface area contributed by atoms with Crippen LogP contribution in [-0.4, -0.2) is 33.7 Å². The van der Waals surface area contributed by atoms with E-state index >= 15 is 0 Å². The highest BCUT2D eigenvalue weighted by Crippen LogP contribution is 2.24. The summed E-state index contributed by atoms with van der Waals surface area (Å²) in [6.45, 7) is 2.59. The smallest absolute Gasteiger partial charge is 0.291 e. The van der Waals surface area contributed by atoms with Crippen molar-refractivity contribution in [3.05, 3.63) is 11.6 Å². The standard InChI is InChI=1S/C11H19N5O/c1-2-9-14-10(16-15-9)11(17)13-8-5-3-4-7(8)6-12/h7-8H,2-6,12H2,1H3,(H,13,17)(H,14,15,16). The third-order valence-corrected chi connectivity index (χ3v) is 3.35. The molecule has 0 bridgehead atoms. The van der Waals surface area contributed by atoms with Crippen LogP contribution >= 0.6 is 0 Å². The molecule has 94 valence electrons. The largest absolute Gasteiger partial charge is 0.346 e. The molecule has 2 unspecified atom stereocenters. The minimum absolute atomic E-state index is 0.177. The van der Waals surface area contributed by atoms with Gasteiger partial charge >= 0.3 is 0 Å². The molecule has 2 atom stereocenters. The van der Waals surface area contributed by atoms with E-state index in [0.29, 0.717) is 12.5 Å². The molecule has 6 heteroatoms. The van der Waals surface area contributed by atoms with E-state index in [4.69, 9.17) is 5.73 Å². The highest BCUT2D eigenvalue weighted by atomic mass is 16.2. The van der Waals surface area contributed by atoms with E-state index in [1.165, 1.54) is 0 Å². The summed E-state index contributed by atoms with van der Waals surface area (Å²) in [7, 11) is 0. The molecule has 0 radical (unpaired) electrons. The molecule has 1 saturated carbocycles. The predicted octanol–water partition coefficient (Wildman–Crippen LogP) is 0.224. The number of amides is 1. The zero-order chi connectivity index (χ0) is 12.3. The van der Waals surface area contributed by atoms with Gasteiger partial charge in [-0.2, -0.15) is 0 Å². The van der Waals surface area contributed by atoms with Crippen molar-refractivity contribution in [2.45, 2.75) is 38.6 Å². The van der Waals surface area contributed by atoms with Crippen LogP contribution in [0.4, 0.5) is 0 Å². The normalized spacial score (nSPS) is 23.9. The fourth-order valence-corrected chi connectivity index (χ4v) is 2.30. The van der Waals surface area contributed by atoms with Crippen LogP contribution in [0.1, 0.15) is 42.6 Å². The lowest BCUT2D eigenvalue weighted by atomic mass is 10.0. The Balaban J connectivity index is 1.96. The third-order valence-electron chi connectivity index (χ3n) is 3.35. The number of carbonyl (C=O) groups excluding carboxylic acids is 1. The van der Waals surface area contributed by atoms with Gasteiger partial charge in [0.05, 0.1) is 0 Å². The molecule has 2 rings (SSSR count). The minimum Gasteiger partial charge on any atom is -0.346 e. The lowest BCUT2D eigenvalue weighted by molar-refractivity contribution is 0.0918. The van der Waals surface area contributed by atoms with Gasteiger partial charge in [-0.05, 0) is 25.3 Å². The van der Waals surface area contributed by atoms with E-state index in [2.05, 4.69) is 20.5 Å². The van der Waals surface area contributed by atoms with Crippen molar-refractivity contribution < 1.29 is 4.79 Å². The maximum atomic E-state index is 11.9. The summed E-state index contributed by atoms with van der Waals surface area (Å²) in [5.41, 5.74) is 5.68. The fourth-order valence-electron chi connectivity index (χ4n) is 2.30. The average Bonchev–Trinajstić information content (AvgIpc) is 2.96. The van der Waals surface area contributed by atoms with Gasteiger partial charge in [0.2, 0.25) is 5.82 Å². The van der Waals surface area contributed by atoms with Crippen LogP contribution in [-0.2, 0) is 6.42 Å². The first-order valence-corrected chi connectivity index (χ1v) is 6.16. The van der Waals surface area contributed by atoms with Gasteiger partial charge in [-0.3, -0.25) is 9.89 Å². The van der Waals surface area contributed by atoms with Crippen molar-refractivity contribution in [2.24, 2.45) is 11.7 Å². The van der Waals surface area contributed by atoms with E-state index in [0.717, 1.165) is 31.5 Å². The zero-order valence-electron chi connectivity index (χ0n) is 10.1. The van der Waals surface area contributed by atoms with Crippen molar-refractivity contribution in [1.82, 2.24) is 20.5 Å². The van der Waals surface area contributed by atoms with Crippen LogP contribution in [0.3, 0.4) is 0 Å². The van der Waals surface area contributed by atoms with Crippen molar-refractivity contribution >= 4 is 5.91 Å². The number of H-pyrrole nitrogens is 1. The number of aryl methyl sites for hydroxylation is 1. The number of carbonyl (C=O) groups is 1. The molecule has 17 heavy (non-hydrogen) atoms. The SMILES string of the molecule is CCc1nc(C(=O)NC2CCCC2CN)n[nH]1. The van der Waals surface area contributed by atoms with Crippen molar-refractivity contribution in [3.63, 3.8) is 0 Å². The molecule has 1 aromatic heterocycles. The molecule has 1 aliphatic rings. The summed E-state index contributed by atoms with van der Waals surface area (Å²) in [6, 6.07) is 0.177. The summed E-state index contributed by atoms with van der Waals surface area (Å²) in [4.78, 5) is 16.0. The van der Waals surface area contributed by atoms with E-state index in [-0.39, 0.29) is 17.8 Å². The van der Waals surface area contributed by atoms with E-state index in [1.54, 1.807) is 0 Å². The molecule has 0 spiro atoms. The Morgan fingerprint density at radius 1 is 1.59 bits per heavy atom. The van der Waals surface area contributed by atoms with Gasteiger partial charge in [0, 0.05) is 12.5 Å². The molecule has 1 amide bonds.